The van der Waals surface area contributed by atoms with Crippen LogP contribution in [0.25, 0.3) is 0 Å². The first-order chi connectivity index (χ1) is 13.8. The second kappa shape index (κ2) is 8.69. The van der Waals surface area contributed by atoms with Gasteiger partial charge in [0.25, 0.3) is 11.6 Å². The van der Waals surface area contributed by atoms with Gasteiger partial charge in [-0.25, -0.2) is 8.42 Å². The van der Waals surface area contributed by atoms with E-state index in [4.69, 9.17) is 4.74 Å². The number of ether oxygens (including phenoxy) is 1. The molecule has 11 nitrogen and oxygen atoms in total. The van der Waals surface area contributed by atoms with Crippen LogP contribution in [0.2, 0.25) is 0 Å². The average Bonchev–Trinajstić information content (AvgIpc) is 3.24. The molecule has 3 N–H and O–H groups in total. The number of non-ortho nitro benzene ring substituents is 1. The largest absolute Gasteiger partial charge is 0.387 e. The highest BCUT2D eigenvalue weighted by molar-refractivity contribution is 7.89. The Hall–Kier alpha value is -2.80. The summed E-state index contributed by atoms with van der Waals surface area (Å²) in [6, 6.07) is 6.55. The number of benzene rings is 1. The number of morpholine rings is 1. The molecule has 1 amide bonds. The number of sulfonamides is 1. The maximum absolute atomic E-state index is 12.6. The predicted octanol–water partition coefficient (Wildman–Crippen LogP) is 0.407. The number of H-pyrrole nitrogens is 1. The van der Waals surface area contributed by atoms with Gasteiger partial charge in [-0.2, -0.15) is 4.31 Å². The zero-order valence-corrected chi connectivity index (χ0v) is 16.1. The number of hydrogen-bond donors (Lipinski definition) is 3. The van der Waals surface area contributed by atoms with E-state index in [1.165, 1.54) is 40.8 Å². The lowest BCUT2D eigenvalue weighted by Crippen LogP contribution is -2.40. The van der Waals surface area contributed by atoms with Gasteiger partial charge in [-0.05, 0) is 23.8 Å². The van der Waals surface area contributed by atoms with Crippen molar-refractivity contribution in [2.45, 2.75) is 11.0 Å². The molecule has 0 bridgehead atoms. The molecular formula is C17H20N4O7S. The summed E-state index contributed by atoms with van der Waals surface area (Å²) < 4.78 is 31.6. The Morgan fingerprint density at radius 2 is 1.97 bits per heavy atom. The number of aliphatic hydroxyl groups is 1. The molecule has 1 saturated heterocycles. The van der Waals surface area contributed by atoms with Gasteiger partial charge in [-0.3, -0.25) is 14.9 Å². The van der Waals surface area contributed by atoms with Crippen molar-refractivity contribution in [1.82, 2.24) is 14.6 Å². The number of nitro groups is 1. The maximum Gasteiger partial charge on any atom is 0.269 e. The van der Waals surface area contributed by atoms with Gasteiger partial charge in [0.15, 0.2) is 0 Å². The first kappa shape index (κ1) is 20.9. The van der Waals surface area contributed by atoms with Gasteiger partial charge in [0.1, 0.15) is 10.6 Å². The number of aliphatic hydroxyl groups excluding tert-OH is 1. The molecule has 1 aliphatic heterocycles. The van der Waals surface area contributed by atoms with Crippen molar-refractivity contribution in [1.29, 1.82) is 0 Å². The van der Waals surface area contributed by atoms with Crippen LogP contribution in [0.4, 0.5) is 5.69 Å². The number of nitrogens with one attached hydrogen (secondary N) is 2. The first-order valence-corrected chi connectivity index (χ1v) is 10.2. The van der Waals surface area contributed by atoms with Gasteiger partial charge >= 0.3 is 0 Å². The zero-order valence-electron chi connectivity index (χ0n) is 15.3. The van der Waals surface area contributed by atoms with Crippen LogP contribution in [0.1, 0.15) is 22.2 Å². The van der Waals surface area contributed by atoms with Gasteiger partial charge in [0.2, 0.25) is 10.0 Å². The van der Waals surface area contributed by atoms with Gasteiger partial charge < -0.3 is 20.1 Å². The molecule has 0 radical (unpaired) electrons. The third-order valence-electron chi connectivity index (χ3n) is 4.45. The number of carbonyl (C=O) groups excluding carboxylic acids is 1. The molecule has 0 spiro atoms. The van der Waals surface area contributed by atoms with Gasteiger partial charge in [0.05, 0.1) is 24.2 Å². The van der Waals surface area contributed by atoms with E-state index in [0.717, 1.165) is 0 Å². The van der Waals surface area contributed by atoms with E-state index in [1.54, 1.807) is 0 Å². The molecule has 0 saturated carbocycles. The highest BCUT2D eigenvalue weighted by Gasteiger charge is 2.28. The van der Waals surface area contributed by atoms with Crippen molar-refractivity contribution in [3.05, 3.63) is 57.9 Å². The number of aromatic amines is 1. The van der Waals surface area contributed by atoms with Gasteiger partial charge in [-0.15, -0.1) is 0 Å². The molecule has 0 aliphatic carbocycles. The smallest absolute Gasteiger partial charge is 0.269 e. The van der Waals surface area contributed by atoms with Crippen molar-refractivity contribution >= 4 is 21.6 Å². The monoisotopic (exact) mass is 424 g/mol. The highest BCUT2D eigenvalue weighted by Crippen LogP contribution is 2.19. The summed E-state index contributed by atoms with van der Waals surface area (Å²) in [5, 5.41) is 23.3. The number of hydrogen-bond acceptors (Lipinski definition) is 7. The Morgan fingerprint density at radius 3 is 2.59 bits per heavy atom. The third kappa shape index (κ3) is 4.79. The summed E-state index contributed by atoms with van der Waals surface area (Å²) in [6.45, 7) is 0.975. The van der Waals surface area contributed by atoms with Crippen LogP contribution in [0.15, 0.2) is 41.4 Å². The minimum absolute atomic E-state index is 0.0273. The van der Waals surface area contributed by atoms with E-state index in [9.17, 15) is 28.4 Å². The maximum atomic E-state index is 12.6. The van der Waals surface area contributed by atoms with Crippen molar-refractivity contribution in [2.75, 3.05) is 32.8 Å². The van der Waals surface area contributed by atoms with Crippen LogP contribution in [-0.4, -0.2) is 66.5 Å². The standard InChI is InChI=1S/C17H20N4O7S/c22-16(12-1-3-13(4-2-12)21(24)25)11-19-17(23)15-9-14(10-18-15)29(26,27)20-5-7-28-8-6-20/h1-4,9-10,16,18,22H,5-8,11H2,(H,19,23)/t16-/m1/s1. The Labute approximate surface area is 166 Å². The lowest BCUT2D eigenvalue weighted by atomic mass is 10.1. The molecule has 2 heterocycles. The molecule has 2 aromatic rings. The molecule has 1 aromatic heterocycles. The number of amides is 1. The Morgan fingerprint density at radius 1 is 1.31 bits per heavy atom. The number of nitrogens with zero attached hydrogens (tertiary/aromatic N) is 2. The van der Waals surface area contributed by atoms with Crippen LogP contribution in [0.5, 0.6) is 0 Å². The summed E-state index contributed by atoms with van der Waals surface area (Å²) >= 11 is 0. The quantitative estimate of drug-likeness (QED) is 0.429. The molecule has 1 fully saturated rings. The van der Waals surface area contributed by atoms with E-state index < -0.39 is 27.0 Å². The van der Waals surface area contributed by atoms with Crippen LogP contribution < -0.4 is 5.32 Å². The lowest BCUT2D eigenvalue weighted by Gasteiger charge is -2.25. The topological polar surface area (TPSA) is 155 Å². The third-order valence-corrected chi connectivity index (χ3v) is 6.33. The summed E-state index contributed by atoms with van der Waals surface area (Å²) in [4.78, 5) is 25.0. The van der Waals surface area contributed by atoms with E-state index in [1.807, 2.05) is 0 Å². The number of rotatable bonds is 7. The second-order valence-corrected chi connectivity index (χ2v) is 8.28. The lowest BCUT2D eigenvalue weighted by molar-refractivity contribution is -0.384. The van der Waals surface area contributed by atoms with E-state index in [2.05, 4.69) is 10.3 Å². The van der Waals surface area contributed by atoms with E-state index in [0.29, 0.717) is 18.8 Å². The molecule has 0 unspecified atom stereocenters. The average molecular weight is 424 g/mol. The Balaban J connectivity index is 1.60. The minimum Gasteiger partial charge on any atom is -0.387 e. The van der Waals surface area contributed by atoms with Crippen molar-refractivity contribution < 1.29 is 28.0 Å². The van der Waals surface area contributed by atoms with Crippen LogP contribution in [-0.2, 0) is 14.8 Å². The number of nitro benzene ring substituents is 1. The Kier molecular flexibility index (Phi) is 6.27. The van der Waals surface area contributed by atoms with Crippen molar-refractivity contribution in [2.24, 2.45) is 0 Å². The SMILES string of the molecule is O=C(NC[C@@H](O)c1ccc([N+](=O)[O-])cc1)c1cc(S(=O)(=O)N2CCOCC2)c[nH]1. The fourth-order valence-electron chi connectivity index (χ4n) is 2.81. The highest BCUT2D eigenvalue weighted by atomic mass is 32.2. The summed E-state index contributed by atoms with van der Waals surface area (Å²) in [5.41, 5.74) is 0.330. The van der Waals surface area contributed by atoms with Crippen LogP contribution in [0, 0.1) is 10.1 Å². The van der Waals surface area contributed by atoms with Crippen molar-refractivity contribution in [3.8, 4) is 0 Å². The molecule has 3 rings (SSSR count). The van der Waals surface area contributed by atoms with Crippen LogP contribution in [0.3, 0.4) is 0 Å². The fraction of sp³-hybridized carbons (Fsp3) is 0.353. The van der Waals surface area contributed by atoms with E-state index in [-0.39, 0.29) is 35.9 Å². The van der Waals surface area contributed by atoms with Gasteiger partial charge in [0, 0.05) is 38.0 Å². The predicted molar refractivity (Wildman–Crippen MR) is 101 cm³/mol. The second-order valence-electron chi connectivity index (χ2n) is 6.34. The molecular weight excluding hydrogens is 404 g/mol. The zero-order chi connectivity index (χ0) is 21.0. The summed E-state index contributed by atoms with van der Waals surface area (Å²) in [6.07, 6.45) is 0.165. The molecule has 156 valence electrons. The summed E-state index contributed by atoms with van der Waals surface area (Å²) in [5.74, 6) is -0.589. The molecule has 12 heteroatoms. The van der Waals surface area contributed by atoms with Gasteiger partial charge in [-0.1, -0.05) is 0 Å². The van der Waals surface area contributed by atoms with Crippen molar-refractivity contribution in [3.63, 3.8) is 0 Å². The molecule has 1 aromatic carbocycles. The van der Waals surface area contributed by atoms with Crippen LogP contribution >= 0.6 is 0 Å². The minimum atomic E-state index is -3.72. The molecule has 1 atom stereocenters. The first-order valence-electron chi connectivity index (χ1n) is 8.76. The normalized spacial score (nSPS) is 16.3. The fourth-order valence-corrected chi connectivity index (χ4v) is 4.21. The number of carbonyl (C=O) groups is 1. The molecule has 1 aliphatic rings. The summed E-state index contributed by atoms with van der Waals surface area (Å²) in [7, 11) is -3.72. The number of aromatic nitrogens is 1. The molecule has 29 heavy (non-hydrogen) atoms. The van der Waals surface area contributed by atoms with E-state index >= 15 is 0 Å². The Bertz CT molecular complexity index is 981.